The average Bonchev–Trinajstić information content (AvgIpc) is 2.65. The minimum absolute atomic E-state index is 0.0734. The Balaban J connectivity index is 3.64. The van der Waals surface area contributed by atoms with E-state index < -0.39 is 5.60 Å². The van der Waals surface area contributed by atoms with Gasteiger partial charge in [0.15, 0.2) is 0 Å². The third kappa shape index (κ3) is 18.6. The van der Waals surface area contributed by atoms with Gasteiger partial charge in [0.05, 0.1) is 46.2 Å². The second kappa shape index (κ2) is 16.0. The van der Waals surface area contributed by atoms with E-state index in [0.29, 0.717) is 59.2 Å². The summed E-state index contributed by atoms with van der Waals surface area (Å²) in [5.41, 5.74) is -0.373. The molecule has 8 nitrogen and oxygen atoms in total. The predicted octanol–water partition coefficient (Wildman–Crippen LogP) is 4.05. The van der Waals surface area contributed by atoms with Crippen LogP contribution in [0.15, 0.2) is 0 Å². The number of nitrogens with zero attached hydrogens (tertiary/aromatic N) is 2. The summed E-state index contributed by atoms with van der Waals surface area (Å²) in [4.78, 5) is 25.5. The van der Waals surface area contributed by atoms with Crippen LogP contribution in [0.2, 0.25) is 0 Å². The van der Waals surface area contributed by atoms with Crippen molar-refractivity contribution in [2.24, 2.45) is 5.41 Å². The molecule has 31 heavy (non-hydrogen) atoms. The van der Waals surface area contributed by atoms with Crippen molar-refractivity contribution in [2.45, 2.75) is 60.0 Å². The highest BCUT2D eigenvalue weighted by Crippen LogP contribution is 2.23. The highest BCUT2D eigenvalue weighted by molar-refractivity contribution is 8.67. The van der Waals surface area contributed by atoms with Crippen LogP contribution in [0.1, 0.15) is 54.4 Å². The molecule has 0 atom stereocenters. The molecule has 0 heterocycles. The van der Waals surface area contributed by atoms with E-state index in [9.17, 15) is 9.59 Å². The number of rotatable bonds is 15. The molecule has 0 aliphatic rings. The monoisotopic (exact) mass is 482 g/mol. The Labute approximate surface area is 197 Å². The van der Waals surface area contributed by atoms with Crippen LogP contribution in [0.25, 0.3) is 0 Å². The van der Waals surface area contributed by atoms with Crippen molar-refractivity contribution in [3.8, 4) is 0 Å². The molecule has 0 saturated heterocycles. The Kier molecular flexibility index (Phi) is 15.7. The van der Waals surface area contributed by atoms with Crippen molar-refractivity contribution in [1.29, 1.82) is 0 Å². The topological polar surface area (TPSA) is 77.5 Å². The third-order valence-electron chi connectivity index (χ3n) is 3.92. The summed E-state index contributed by atoms with van der Waals surface area (Å²) in [5.74, 6) is 0.0734. The summed E-state index contributed by atoms with van der Waals surface area (Å²) >= 11 is 4.16. The van der Waals surface area contributed by atoms with Crippen molar-refractivity contribution in [3.63, 3.8) is 0 Å². The Morgan fingerprint density at radius 3 is 1.77 bits per heavy atom. The molecule has 0 bridgehead atoms. The molecule has 0 N–H and O–H groups in total. The molecule has 0 spiro atoms. The lowest BCUT2D eigenvalue weighted by Crippen LogP contribution is -2.36. The minimum atomic E-state index is -0.506. The van der Waals surface area contributed by atoms with E-state index in [-0.39, 0.29) is 17.4 Å². The van der Waals surface area contributed by atoms with Crippen LogP contribution < -0.4 is 0 Å². The Morgan fingerprint density at radius 2 is 1.32 bits per heavy atom. The van der Waals surface area contributed by atoms with Crippen molar-refractivity contribution in [2.75, 3.05) is 59.8 Å². The lowest BCUT2D eigenvalue weighted by molar-refractivity contribution is -0.127. The Bertz CT molecular complexity index is 509. The number of hydrogen-bond acceptors (Lipinski definition) is 8. The molecular formula is C21H42N2O6S2. The van der Waals surface area contributed by atoms with Gasteiger partial charge in [-0.05, 0) is 32.6 Å². The van der Waals surface area contributed by atoms with Gasteiger partial charge >= 0.3 is 6.09 Å². The maximum atomic E-state index is 12.2. The van der Waals surface area contributed by atoms with Crippen LogP contribution in [0.5, 0.6) is 0 Å². The summed E-state index contributed by atoms with van der Waals surface area (Å²) < 4.78 is 23.3. The van der Waals surface area contributed by atoms with Gasteiger partial charge in [-0.15, -0.1) is 0 Å². The lowest BCUT2D eigenvalue weighted by Gasteiger charge is -2.24. The van der Waals surface area contributed by atoms with Gasteiger partial charge < -0.3 is 23.8 Å². The van der Waals surface area contributed by atoms with Gasteiger partial charge in [0.1, 0.15) is 5.60 Å². The fourth-order valence-corrected chi connectivity index (χ4v) is 3.00. The van der Waals surface area contributed by atoms with Crippen LogP contribution in [0.4, 0.5) is 4.79 Å². The fourth-order valence-electron chi connectivity index (χ4n) is 2.14. The van der Waals surface area contributed by atoms with E-state index in [1.165, 1.54) is 4.90 Å². The van der Waals surface area contributed by atoms with E-state index >= 15 is 0 Å². The third-order valence-corrected chi connectivity index (χ3v) is 5.10. The van der Waals surface area contributed by atoms with E-state index in [2.05, 4.69) is 32.4 Å². The molecule has 0 aromatic carbocycles. The first-order valence-corrected chi connectivity index (χ1v) is 12.5. The zero-order chi connectivity index (χ0) is 23.9. The van der Waals surface area contributed by atoms with Gasteiger partial charge in [0, 0.05) is 31.0 Å². The standard InChI is InChI=1S/C21H42N2O6S2/c1-20(2,3)9-8-18(24)23(31-30)11-13-27-15-17-28-16-14-26-12-10-22(7)19(25)29-21(4,5)6/h30H,8-17H2,1-7H3. The summed E-state index contributed by atoms with van der Waals surface area (Å²) in [6, 6.07) is 0. The second-order valence-electron chi connectivity index (χ2n) is 9.38. The first-order valence-electron chi connectivity index (χ1n) is 10.6. The number of carbonyl (C=O) groups excluding carboxylic acids is 2. The molecule has 0 aromatic rings. The maximum absolute atomic E-state index is 12.2. The highest BCUT2D eigenvalue weighted by Gasteiger charge is 2.19. The molecule has 2 amide bonds. The second-order valence-corrected chi connectivity index (χ2v) is 10.5. The molecular weight excluding hydrogens is 440 g/mol. The van der Waals surface area contributed by atoms with Crippen molar-refractivity contribution >= 4 is 34.6 Å². The van der Waals surface area contributed by atoms with E-state index in [0.717, 1.165) is 17.4 Å². The Morgan fingerprint density at radius 1 is 0.839 bits per heavy atom. The normalized spacial score (nSPS) is 12.0. The molecule has 0 rings (SSSR count). The summed E-state index contributed by atoms with van der Waals surface area (Å²) in [7, 11) is 2.81. The first kappa shape index (κ1) is 30.3. The average molecular weight is 483 g/mol. The first-order chi connectivity index (χ1) is 14.4. The molecule has 0 unspecified atom stereocenters. The van der Waals surface area contributed by atoms with Gasteiger partial charge in [-0.1, -0.05) is 32.4 Å². The molecule has 184 valence electrons. The number of carbonyl (C=O) groups is 2. The van der Waals surface area contributed by atoms with Crippen molar-refractivity contribution in [1.82, 2.24) is 9.21 Å². The lowest BCUT2D eigenvalue weighted by atomic mass is 9.90. The molecule has 0 aliphatic heterocycles. The fraction of sp³-hybridized carbons (Fsp3) is 0.905. The number of hydrogen-bond donors (Lipinski definition) is 1. The number of amides is 2. The van der Waals surface area contributed by atoms with Crippen LogP contribution >= 0.6 is 22.6 Å². The largest absolute Gasteiger partial charge is 0.444 e. The minimum Gasteiger partial charge on any atom is -0.444 e. The molecule has 0 radical (unpaired) electrons. The summed E-state index contributed by atoms with van der Waals surface area (Å²) in [6.07, 6.45) is 0.980. The number of thiol groups is 1. The summed E-state index contributed by atoms with van der Waals surface area (Å²) in [6.45, 7) is 15.4. The zero-order valence-electron chi connectivity index (χ0n) is 20.3. The Hall–Kier alpha value is -0.680. The molecule has 0 saturated carbocycles. The van der Waals surface area contributed by atoms with E-state index in [4.69, 9.17) is 18.9 Å². The molecule has 0 aromatic heterocycles. The predicted molar refractivity (Wildman–Crippen MR) is 128 cm³/mol. The van der Waals surface area contributed by atoms with Gasteiger partial charge in [0.2, 0.25) is 5.91 Å². The van der Waals surface area contributed by atoms with Crippen LogP contribution in [0, 0.1) is 5.41 Å². The van der Waals surface area contributed by atoms with Crippen LogP contribution in [0.3, 0.4) is 0 Å². The smallest absolute Gasteiger partial charge is 0.410 e. The molecule has 0 fully saturated rings. The molecule has 10 heteroatoms. The van der Waals surface area contributed by atoms with Gasteiger partial charge in [-0.25, -0.2) is 4.79 Å². The number of ether oxygens (including phenoxy) is 4. The van der Waals surface area contributed by atoms with Crippen molar-refractivity contribution in [3.05, 3.63) is 0 Å². The van der Waals surface area contributed by atoms with Gasteiger partial charge in [0.25, 0.3) is 0 Å². The quantitative estimate of drug-likeness (QED) is 0.163. The maximum Gasteiger partial charge on any atom is 0.410 e. The van der Waals surface area contributed by atoms with E-state index in [1.54, 1.807) is 11.4 Å². The SMILES string of the molecule is CN(CCOCCOCCOCCN(SS)C(=O)CCC(C)(C)C)C(=O)OC(C)(C)C. The van der Waals surface area contributed by atoms with Crippen LogP contribution in [-0.4, -0.2) is 86.6 Å². The number of likely N-dealkylation sites (N-methyl/N-ethyl adjacent to an activating group) is 1. The van der Waals surface area contributed by atoms with Gasteiger partial charge in [-0.2, -0.15) is 0 Å². The summed E-state index contributed by atoms with van der Waals surface area (Å²) in [5, 5.41) is 0. The van der Waals surface area contributed by atoms with Gasteiger partial charge in [-0.3, -0.25) is 9.10 Å². The zero-order valence-corrected chi connectivity index (χ0v) is 22.0. The molecule has 0 aliphatic carbocycles. The van der Waals surface area contributed by atoms with Crippen molar-refractivity contribution < 1.29 is 28.5 Å². The van der Waals surface area contributed by atoms with Crippen LogP contribution in [-0.2, 0) is 23.7 Å². The van der Waals surface area contributed by atoms with E-state index in [1.807, 2.05) is 20.8 Å². The highest BCUT2D eigenvalue weighted by atomic mass is 33.1.